The number of hydrogen-bond donors (Lipinski definition) is 1. The lowest BCUT2D eigenvalue weighted by atomic mass is 9.96. The van der Waals surface area contributed by atoms with E-state index >= 15 is 0 Å². The van der Waals surface area contributed by atoms with E-state index in [4.69, 9.17) is 16.3 Å². The molecule has 2 heterocycles. The van der Waals surface area contributed by atoms with Crippen LogP contribution in [0.1, 0.15) is 25.5 Å². The molecule has 4 rings (SSSR count). The van der Waals surface area contributed by atoms with Gasteiger partial charge in [-0.3, -0.25) is 0 Å². The van der Waals surface area contributed by atoms with Gasteiger partial charge in [-0.05, 0) is 32.0 Å². The Morgan fingerprint density at radius 3 is 2.69 bits per heavy atom. The molecule has 8 heteroatoms. The zero-order valence-electron chi connectivity index (χ0n) is 15.8. The Morgan fingerprint density at radius 1 is 1.24 bits per heavy atom. The number of allylic oxidation sites excluding steroid dienone is 1. The Morgan fingerprint density at radius 2 is 1.97 bits per heavy atom. The molecule has 29 heavy (non-hydrogen) atoms. The summed E-state index contributed by atoms with van der Waals surface area (Å²) in [7, 11) is 0. The number of hydrogen-bond acceptors (Lipinski definition) is 5. The third kappa shape index (κ3) is 3.38. The molecule has 0 saturated heterocycles. The van der Waals surface area contributed by atoms with Crippen molar-refractivity contribution in [3.05, 3.63) is 76.2 Å². The largest absolute Gasteiger partial charge is 0.463 e. The average molecular weight is 413 g/mol. The zero-order chi connectivity index (χ0) is 20.5. The highest BCUT2D eigenvalue weighted by atomic mass is 35.5. The van der Waals surface area contributed by atoms with Crippen LogP contribution in [0.25, 0.3) is 11.4 Å². The van der Waals surface area contributed by atoms with Crippen LogP contribution in [0, 0.1) is 5.82 Å². The quantitative estimate of drug-likeness (QED) is 0.635. The number of esters is 1. The van der Waals surface area contributed by atoms with Gasteiger partial charge in [-0.15, -0.1) is 5.10 Å². The number of carbonyl (C=O) groups is 1. The average Bonchev–Trinajstić information content (AvgIpc) is 3.11. The molecule has 3 aromatic rings. The summed E-state index contributed by atoms with van der Waals surface area (Å²) in [5, 5.41) is 8.07. The van der Waals surface area contributed by atoms with E-state index in [0.717, 1.165) is 0 Å². The number of benzene rings is 2. The van der Waals surface area contributed by atoms with Crippen LogP contribution in [0.5, 0.6) is 0 Å². The number of anilines is 1. The van der Waals surface area contributed by atoms with Crippen molar-refractivity contribution in [2.75, 3.05) is 11.9 Å². The molecule has 0 spiro atoms. The van der Waals surface area contributed by atoms with Crippen LogP contribution in [0.2, 0.25) is 5.02 Å². The Bertz CT molecular complexity index is 1130. The van der Waals surface area contributed by atoms with E-state index < -0.39 is 17.8 Å². The number of nitrogens with zero attached hydrogens (tertiary/aromatic N) is 3. The Kier molecular flexibility index (Phi) is 5.07. The van der Waals surface area contributed by atoms with Crippen LogP contribution in [-0.4, -0.2) is 27.3 Å². The molecule has 1 aliphatic heterocycles. The van der Waals surface area contributed by atoms with Crippen LogP contribution in [-0.2, 0) is 9.53 Å². The number of halogens is 2. The number of carbonyl (C=O) groups excluding carboxylic acids is 1. The summed E-state index contributed by atoms with van der Waals surface area (Å²) in [4.78, 5) is 17.2. The number of fused-ring (bicyclic) bond motifs is 1. The first-order valence-electron chi connectivity index (χ1n) is 9.12. The van der Waals surface area contributed by atoms with E-state index in [2.05, 4.69) is 15.4 Å². The molecule has 0 saturated carbocycles. The maximum atomic E-state index is 14.3. The summed E-state index contributed by atoms with van der Waals surface area (Å²) < 4.78 is 21.1. The van der Waals surface area contributed by atoms with Crippen molar-refractivity contribution in [2.45, 2.75) is 19.9 Å². The fourth-order valence-corrected chi connectivity index (χ4v) is 3.60. The number of rotatable bonds is 4. The standard InChI is InChI=1S/C21H18ClFN4O2/c1-3-29-20(28)17-12(2)24-21-25-19(14-9-5-7-11-16(14)23)26-27(21)18(17)13-8-4-6-10-15(13)22/h4-11,18H,3H2,1-2H3,(H,24,25,26). The number of aromatic nitrogens is 3. The van der Waals surface area contributed by atoms with Crippen LogP contribution < -0.4 is 5.32 Å². The van der Waals surface area contributed by atoms with E-state index in [1.165, 1.54) is 6.07 Å². The van der Waals surface area contributed by atoms with Crippen LogP contribution in [0.15, 0.2) is 59.8 Å². The smallest absolute Gasteiger partial charge is 0.338 e. The van der Waals surface area contributed by atoms with E-state index in [1.807, 2.05) is 12.1 Å². The topological polar surface area (TPSA) is 69.0 Å². The summed E-state index contributed by atoms with van der Waals surface area (Å²) in [6.45, 7) is 3.73. The molecule has 1 N–H and O–H groups in total. The molecule has 1 aromatic heterocycles. The minimum absolute atomic E-state index is 0.209. The molecule has 0 bridgehead atoms. The SMILES string of the molecule is CCOC(=O)C1=C(C)Nc2nc(-c3ccccc3F)nn2C1c1ccccc1Cl. The predicted molar refractivity (Wildman–Crippen MR) is 108 cm³/mol. The minimum Gasteiger partial charge on any atom is -0.463 e. The molecule has 148 valence electrons. The molecule has 0 aliphatic carbocycles. The van der Waals surface area contributed by atoms with Crippen molar-refractivity contribution in [3.8, 4) is 11.4 Å². The lowest BCUT2D eigenvalue weighted by Crippen LogP contribution is -2.29. The molecule has 1 atom stereocenters. The van der Waals surface area contributed by atoms with E-state index in [1.54, 1.807) is 48.9 Å². The van der Waals surface area contributed by atoms with Gasteiger partial charge in [0.15, 0.2) is 5.82 Å². The van der Waals surface area contributed by atoms with Gasteiger partial charge in [-0.2, -0.15) is 4.98 Å². The molecule has 0 radical (unpaired) electrons. The van der Waals surface area contributed by atoms with E-state index in [9.17, 15) is 9.18 Å². The predicted octanol–water partition coefficient (Wildman–Crippen LogP) is 4.59. The van der Waals surface area contributed by atoms with Gasteiger partial charge in [0, 0.05) is 16.3 Å². The Balaban J connectivity index is 1.91. The van der Waals surface area contributed by atoms with Crippen molar-refractivity contribution in [1.82, 2.24) is 14.8 Å². The molecule has 1 unspecified atom stereocenters. The van der Waals surface area contributed by atoms with Gasteiger partial charge in [-0.1, -0.05) is 41.9 Å². The second kappa shape index (κ2) is 7.67. The Hall–Kier alpha value is -3.19. The Labute approximate surface area is 172 Å². The summed E-state index contributed by atoms with van der Waals surface area (Å²) >= 11 is 6.45. The number of ether oxygens (including phenoxy) is 1. The highest BCUT2D eigenvalue weighted by molar-refractivity contribution is 6.31. The monoisotopic (exact) mass is 412 g/mol. The first-order valence-corrected chi connectivity index (χ1v) is 9.49. The van der Waals surface area contributed by atoms with Crippen molar-refractivity contribution in [3.63, 3.8) is 0 Å². The van der Waals surface area contributed by atoms with Crippen molar-refractivity contribution >= 4 is 23.5 Å². The third-order valence-corrected chi connectivity index (χ3v) is 5.01. The molecule has 0 amide bonds. The fraction of sp³-hybridized carbons (Fsp3) is 0.190. The van der Waals surface area contributed by atoms with Crippen LogP contribution >= 0.6 is 11.6 Å². The highest BCUT2D eigenvalue weighted by Gasteiger charge is 2.36. The zero-order valence-corrected chi connectivity index (χ0v) is 16.6. The van der Waals surface area contributed by atoms with Gasteiger partial charge in [0.25, 0.3) is 0 Å². The third-order valence-electron chi connectivity index (χ3n) is 4.66. The van der Waals surface area contributed by atoms with Crippen molar-refractivity contribution < 1.29 is 13.9 Å². The lowest BCUT2D eigenvalue weighted by molar-refractivity contribution is -0.139. The fourth-order valence-electron chi connectivity index (χ4n) is 3.37. The van der Waals surface area contributed by atoms with E-state index in [0.29, 0.717) is 27.8 Å². The maximum Gasteiger partial charge on any atom is 0.338 e. The molecular formula is C21H18ClFN4O2. The van der Waals surface area contributed by atoms with Gasteiger partial charge in [0.1, 0.15) is 11.9 Å². The molecule has 2 aromatic carbocycles. The minimum atomic E-state index is -0.660. The second-order valence-electron chi connectivity index (χ2n) is 6.49. The van der Waals surface area contributed by atoms with Crippen LogP contribution in [0.4, 0.5) is 10.3 Å². The van der Waals surface area contributed by atoms with Gasteiger partial charge < -0.3 is 10.1 Å². The van der Waals surface area contributed by atoms with Gasteiger partial charge >= 0.3 is 5.97 Å². The highest BCUT2D eigenvalue weighted by Crippen LogP contribution is 2.39. The summed E-state index contributed by atoms with van der Waals surface area (Å²) in [6, 6.07) is 12.8. The van der Waals surface area contributed by atoms with Gasteiger partial charge in [-0.25, -0.2) is 13.9 Å². The van der Waals surface area contributed by atoms with E-state index in [-0.39, 0.29) is 18.0 Å². The first kappa shape index (κ1) is 19.1. The van der Waals surface area contributed by atoms with Gasteiger partial charge in [0.05, 0.1) is 17.7 Å². The first-order chi connectivity index (χ1) is 14.0. The number of nitrogens with one attached hydrogen (secondary N) is 1. The molecule has 6 nitrogen and oxygen atoms in total. The lowest BCUT2D eigenvalue weighted by Gasteiger charge is -2.28. The second-order valence-corrected chi connectivity index (χ2v) is 6.90. The molecular weight excluding hydrogens is 395 g/mol. The normalized spacial score (nSPS) is 15.7. The summed E-state index contributed by atoms with van der Waals surface area (Å²) in [5.41, 5.74) is 1.89. The van der Waals surface area contributed by atoms with Gasteiger partial charge in [0.2, 0.25) is 5.95 Å². The molecule has 0 fully saturated rings. The van der Waals surface area contributed by atoms with Crippen molar-refractivity contribution in [1.29, 1.82) is 0 Å². The maximum absolute atomic E-state index is 14.3. The van der Waals surface area contributed by atoms with Crippen LogP contribution in [0.3, 0.4) is 0 Å². The van der Waals surface area contributed by atoms with Crippen molar-refractivity contribution in [2.24, 2.45) is 0 Å². The summed E-state index contributed by atoms with van der Waals surface area (Å²) in [6.07, 6.45) is 0. The molecule has 1 aliphatic rings. The summed E-state index contributed by atoms with van der Waals surface area (Å²) in [5.74, 6) is -0.310.